The molecular weight excluding hydrogens is 258 g/mol. The van der Waals surface area contributed by atoms with Crippen molar-refractivity contribution in [1.82, 2.24) is 15.5 Å². The van der Waals surface area contributed by atoms with Crippen LogP contribution in [0.15, 0.2) is 16.9 Å². The molecule has 1 unspecified atom stereocenters. The molecule has 1 aliphatic heterocycles. The number of nitrogens with zero attached hydrogens (tertiary/aromatic N) is 1. The predicted molar refractivity (Wildman–Crippen MR) is 64.6 cm³/mol. The van der Waals surface area contributed by atoms with E-state index in [0.717, 1.165) is 0 Å². The summed E-state index contributed by atoms with van der Waals surface area (Å²) in [6, 6.07) is 2.42. The summed E-state index contributed by atoms with van der Waals surface area (Å²) in [5, 5.41) is 17.4. The normalized spacial score (nSPS) is 22.7. The second-order valence-electron chi connectivity index (χ2n) is 3.95. The molecule has 0 radical (unpaired) electrons. The summed E-state index contributed by atoms with van der Waals surface area (Å²) in [5.41, 5.74) is -1.66. The van der Waals surface area contributed by atoms with Gasteiger partial charge >= 0.3 is 5.97 Å². The second-order valence-corrected chi connectivity index (χ2v) is 5.06. The molecule has 3 N–H and O–H groups in total. The third kappa shape index (κ3) is 2.37. The molecule has 1 aromatic rings. The minimum absolute atomic E-state index is 0.00729. The van der Waals surface area contributed by atoms with Crippen molar-refractivity contribution in [2.24, 2.45) is 0 Å². The van der Waals surface area contributed by atoms with Crippen LogP contribution in [0.4, 0.5) is 0 Å². The van der Waals surface area contributed by atoms with Gasteiger partial charge in [0, 0.05) is 11.8 Å². The standard InChI is InChI=1S/C10H11N3O4S/c14-7-2-1-6(12-13-7)8(15)11-10(9(16)17)3-4-18-5-10/h1-2H,3-5H2,(H,11,15)(H,13,14)(H,16,17). The fraction of sp³-hybridized carbons (Fsp3) is 0.400. The minimum atomic E-state index is -1.24. The average Bonchev–Trinajstić information content (AvgIpc) is 2.79. The average molecular weight is 269 g/mol. The van der Waals surface area contributed by atoms with Crippen LogP contribution < -0.4 is 10.9 Å². The van der Waals surface area contributed by atoms with E-state index in [1.54, 1.807) is 0 Å². The molecule has 18 heavy (non-hydrogen) atoms. The van der Waals surface area contributed by atoms with Gasteiger partial charge in [-0.15, -0.1) is 0 Å². The van der Waals surface area contributed by atoms with Crippen LogP contribution >= 0.6 is 11.8 Å². The molecule has 0 saturated carbocycles. The fourth-order valence-electron chi connectivity index (χ4n) is 1.64. The van der Waals surface area contributed by atoms with Gasteiger partial charge in [-0.1, -0.05) is 0 Å². The highest BCUT2D eigenvalue weighted by molar-refractivity contribution is 7.99. The molecular formula is C10H11N3O4S. The number of hydrogen-bond donors (Lipinski definition) is 3. The maximum atomic E-state index is 11.9. The van der Waals surface area contributed by atoms with Crippen molar-refractivity contribution in [3.05, 3.63) is 28.2 Å². The van der Waals surface area contributed by atoms with Gasteiger partial charge in [0.15, 0.2) is 0 Å². The number of rotatable bonds is 3. The first-order valence-corrected chi connectivity index (χ1v) is 6.38. The Morgan fingerprint density at radius 2 is 2.28 bits per heavy atom. The lowest BCUT2D eigenvalue weighted by Crippen LogP contribution is -2.55. The van der Waals surface area contributed by atoms with Gasteiger partial charge in [0.2, 0.25) is 0 Å². The van der Waals surface area contributed by atoms with Gasteiger partial charge in [-0.05, 0) is 18.2 Å². The number of hydrogen-bond acceptors (Lipinski definition) is 5. The molecule has 7 nitrogen and oxygen atoms in total. The van der Waals surface area contributed by atoms with Crippen molar-refractivity contribution >= 4 is 23.6 Å². The largest absolute Gasteiger partial charge is 0.479 e. The molecule has 8 heteroatoms. The van der Waals surface area contributed by atoms with Crippen LogP contribution in [-0.2, 0) is 4.79 Å². The summed E-state index contributed by atoms with van der Waals surface area (Å²) in [7, 11) is 0. The van der Waals surface area contributed by atoms with Crippen LogP contribution in [0, 0.1) is 0 Å². The summed E-state index contributed by atoms with van der Waals surface area (Å²) < 4.78 is 0. The van der Waals surface area contributed by atoms with Crippen LogP contribution in [0.3, 0.4) is 0 Å². The summed E-state index contributed by atoms with van der Waals surface area (Å²) in [5.74, 6) is -0.635. The number of carbonyl (C=O) groups is 2. The lowest BCUT2D eigenvalue weighted by molar-refractivity contribution is -0.143. The molecule has 96 valence electrons. The quantitative estimate of drug-likeness (QED) is 0.679. The Morgan fingerprint density at radius 3 is 2.78 bits per heavy atom. The van der Waals surface area contributed by atoms with Crippen molar-refractivity contribution in [2.75, 3.05) is 11.5 Å². The van der Waals surface area contributed by atoms with E-state index in [1.165, 1.54) is 23.9 Å². The number of nitrogens with one attached hydrogen (secondary N) is 2. The van der Waals surface area contributed by atoms with Crippen LogP contribution in [0.5, 0.6) is 0 Å². The summed E-state index contributed by atoms with van der Waals surface area (Å²) in [6.07, 6.45) is 0.377. The van der Waals surface area contributed by atoms with Gasteiger partial charge < -0.3 is 10.4 Å². The van der Waals surface area contributed by atoms with Gasteiger partial charge in [0.25, 0.3) is 11.5 Å². The Hall–Kier alpha value is -1.83. The third-order valence-electron chi connectivity index (χ3n) is 2.70. The first-order chi connectivity index (χ1) is 8.53. The van der Waals surface area contributed by atoms with Gasteiger partial charge in [0.1, 0.15) is 11.2 Å². The van der Waals surface area contributed by atoms with Crippen molar-refractivity contribution in [3.8, 4) is 0 Å². The SMILES string of the molecule is O=C(NC1(C(=O)O)CCSC1)c1ccc(=O)[nH]n1. The molecule has 2 heterocycles. The topological polar surface area (TPSA) is 112 Å². The van der Waals surface area contributed by atoms with Gasteiger partial charge in [0.05, 0.1) is 0 Å². The van der Waals surface area contributed by atoms with Crippen molar-refractivity contribution in [3.63, 3.8) is 0 Å². The Bertz CT molecular complexity index is 516. The lowest BCUT2D eigenvalue weighted by atomic mass is 9.99. The van der Waals surface area contributed by atoms with Crippen molar-refractivity contribution < 1.29 is 14.7 Å². The van der Waals surface area contributed by atoms with Gasteiger partial charge in [-0.2, -0.15) is 16.9 Å². The number of aromatic nitrogens is 2. The smallest absolute Gasteiger partial charge is 0.330 e. The second kappa shape index (κ2) is 4.81. The fourth-order valence-corrected chi connectivity index (χ4v) is 2.96. The zero-order valence-electron chi connectivity index (χ0n) is 9.30. The van der Waals surface area contributed by atoms with Crippen LogP contribution in [0.25, 0.3) is 0 Å². The summed E-state index contributed by atoms with van der Waals surface area (Å²) in [4.78, 5) is 33.9. The van der Waals surface area contributed by atoms with Crippen molar-refractivity contribution in [2.45, 2.75) is 12.0 Å². The van der Waals surface area contributed by atoms with E-state index < -0.39 is 23.0 Å². The highest BCUT2D eigenvalue weighted by atomic mass is 32.2. The predicted octanol–water partition coefficient (Wildman–Crippen LogP) is -0.540. The van der Waals surface area contributed by atoms with Crippen LogP contribution in [0.2, 0.25) is 0 Å². The number of thioether (sulfide) groups is 1. The minimum Gasteiger partial charge on any atom is -0.479 e. The molecule has 1 amide bonds. The molecule has 0 aliphatic carbocycles. The number of carboxylic acids is 1. The number of aromatic amines is 1. The zero-order valence-corrected chi connectivity index (χ0v) is 10.1. The third-order valence-corrected chi connectivity index (χ3v) is 3.89. The molecule has 1 aliphatic rings. The highest BCUT2D eigenvalue weighted by Gasteiger charge is 2.43. The molecule has 2 rings (SSSR count). The molecule has 1 saturated heterocycles. The lowest BCUT2D eigenvalue weighted by Gasteiger charge is -2.24. The Labute approximate surface area is 106 Å². The van der Waals surface area contributed by atoms with Gasteiger partial charge in [-0.3, -0.25) is 9.59 Å². The van der Waals surface area contributed by atoms with E-state index in [-0.39, 0.29) is 5.69 Å². The first-order valence-electron chi connectivity index (χ1n) is 5.23. The zero-order chi connectivity index (χ0) is 13.2. The van der Waals surface area contributed by atoms with E-state index in [4.69, 9.17) is 0 Å². The summed E-state index contributed by atoms with van der Waals surface area (Å²) in [6.45, 7) is 0. The number of carbonyl (C=O) groups excluding carboxylic acids is 1. The van der Waals surface area contributed by atoms with Crippen LogP contribution in [0.1, 0.15) is 16.9 Å². The van der Waals surface area contributed by atoms with E-state index in [1.807, 2.05) is 0 Å². The summed E-state index contributed by atoms with van der Waals surface area (Å²) >= 11 is 1.48. The molecule has 0 bridgehead atoms. The number of aliphatic carboxylic acids is 1. The Balaban J connectivity index is 2.17. The monoisotopic (exact) mass is 269 g/mol. The molecule has 0 aromatic carbocycles. The maximum absolute atomic E-state index is 11.9. The first kappa shape index (κ1) is 12.6. The number of carboxylic acid groups (broad SMARTS) is 1. The Kier molecular flexibility index (Phi) is 3.37. The van der Waals surface area contributed by atoms with E-state index in [9.17, 15) is 19.5 Å². The van der Waals surface area contributed by atoms with Crippen LogP contribution in [-0.4, -0.2) is 44.2 Å². The number of amides is 1. The maximum Gasteiger partial charge on any atom is 0.330 e. The van der Waals surface area contributed by atoms with E-state index >= 15 is 0 Å². The molecule has 1 atom stereocenters. The van der Waals surface area contributed by atoms with Crippen molar-refractivity contribution in [1.29, 1.82) is 0 Å². The molecule has 0 spiro atoms. The van der Waals surface area contributed by atoms with E-state index in [2.05, 4.69) is 15.5 Å². The van der Waals surface area contributed by atoms with Gasteiger partial charge in [-0.25, -0.2) is 9.89 Å². The highest BCUT2D eigenvalue weighted by Crippen LogP contribution is 2.28. The Morgan fingerprint density at radius 1 is 1.50 bits per heavy atom. The number of H-pyrrole nitrogens is 1. The van der Waals surface area contributed by atoms with E-state index in [0.29, 0.717) is 17.9 Å². The molecule has 1 aromatic heterocycles. The molecule has 1 fully saturated rings.